The minimum Gasteiger partial charge on any atom is -0.293 e. The molecule has 18 heavy (non-hydrogen) atoms. The third-order valence-corrected chi connectivity index (χ3v) is 5.82. The van der Waals surface area contributed by atoms with Crippen molar-refractivity contribution < 1.29 is 13.2 Å². The van der Waals surface area contributed by atoms with Gasteiger partial charge in [0.25, 0.3) is 0 Å². The second kappa shape index (κ2) is 5.97. The smallest absolute Gasteiger partial charge is 0.177 e. The quantitative estimate of drug-likeness (QED) is 0.778. The molecule has 0 aliphatic heterocycles. The van der Waals surface area contributed by atoms with Crippen molar-refractivity contribution in [3.8, 4) is 0 Å². The summed E-state index contributed by atoms with van der Waals surface area (Å²) in [5.41, 5.74) is 0.420. The van der Waals surface area contributed by atoms with Crippen LogP contribution in [-0.4, -0.2) is 25.2 Å². The molecule has 0 radical (unpaired) electrons. The van der Waals surface area contributed by atoms with E-state index in [0.717, 1.165) is 4.47 Å². The highest BCUT2D eigenvalue weighted by atomic mass is 79.9. The molecule has 0 heterocycles. The lowest BCUT2D eigenvalue weighted by molar-refractivity contribution is 0.102. The molecule has 0 spiro atoms. The molecular formula is C13H17BrO3S. The summed E-state index contributed by atoms with van der Waals surface area (Å²) in [6.45, 7) is 5.33. The lowest BCUT2D eigenvalue weighted by Gasteiger charge is -2.15. The number of hydrogen-bond donors (Lipinski definition) is 0. The molecule has 5 heteroatoms. The van der Waals surface area contributed by atoms with Crippen molar-refractivity contribution in [2.24, 2.45) is 5.92 Å². The van der Waals surface area contributed by atoms with Gasteiger partial charge in [-0.1, -0.05) is 41.9 Å². The SMILES string of the molecule is CC(C)C(C)S(=O)(=O)CC(=O)c1cccc(Br)c1. The van der Waals surface area contributed by atoms with Crippen LogP contribution in [-0.2, 0) is 9.84 Å². The molecule has 0 saturated carbocycles. The Balaban J connectivity index is 2.89. The number of Topliss-reactive ketones (excluding diaryl/α,β-unsaturated/α-hetero) is 1. The van der Waals surface area contributed by atoms with Gasteiger partial charge in [0.15, 0.2) is 15.6 Å². The van der Waals surface area contributed by atoms with Gasteiger partial charge in [-0.05, 0) is 25.0 Å². The molecule has 0 bridgehead atoms. The van der Waals surface area contributed by atoms with E-state index in [-0.39, 0.29) is 11.7 Å². The highest BCUT2D eigenvalue weighted by Gasteiger charge is 2.27. The Morgan fingerprint density at radius 3 is 2.39 bits per heavy atom. The summed E-state index contributed by atoms with van der Waals surface area (Å²) in [6.07, 6.45) is 0. The Labute approximate surface area is 117 Å². The molecule has 0 amide bonds. The van der Waals surface area contributed by atoms with Gasteiger partial charge in [0, 0.05) is 10.0 Å². The van der Waals surface area contributed by atoms with E-state index < -0.39 is 20.8 Å². The molecule has 1 aromatic carbocycles. The third-order valence-electron chi connectivity index (χ3n) is 2.98. The average molecular weight is 333 g/mol. The van der Waals surface area contributed by atoms with E-state index in [1.165, 1.54) is 0 Å². The van der Waals surface area contributed by atoms with Crippen molar-refractivity contribution in [3.05, 3.63) is 34.3 Å². The summed E-state index contributed by atoms with van der Waals surface area (Å²) in [5, 5.41) is -0.506. The van der Waals surface area contributed by atoms with Gasteiger partial charge in [-0.3, -0.25) is 4.79 Å². The molecule has 0 aromatic heterocycles. The minimum absolute atomic E-state index is 0.00492. The summed E-state index contributed by atoms with van der Waals surface area (Å²) in [6, 6.07) is 6.78. The number of carbonyl (C=O) groups excluding carboxylic acids is 1. The molecule has 0 fully saturated rings. The fourth-order valence-electron chi connectivity index (χ4n) is 1.47. The van der Waals surface area contributed by atoms with Crippen LogP contribution in [0, 0.1) is 5.92 Å². The van der Waals surface area contributed by atoms with Crippen molar-refractivity contribution in [1.29, 1.82) is 0 Å². The fraction of sp³-hybridized carbons (Fsp3) is 0.462. The van der Waals surface area contributed by atoms with Crippen LogP contribution in [0.25, 0.3) is 0 Å². The standard InChI is InChI=1S/C13H17BrO3S/c1-9(2)10(3)18(16,17)8-13(15)11-5-4-6-12(14)7-11/h4-7,9-10H,8H2,1-3H3. The Kier molecular flexibility index (Phi) is 5.10. The molecular weight excluding hydrogens is 316 g/mol. The molecule has 100 valence electrons. The van der Waals surface area contributed by atoms with Crippen LogP contribution >= 0.6 is 15.9 Å². The van der Waals surface area contributed by atoms with E-state index >= 15 is 0 Å². The molecule has 1 rings (SSSR count). The zero-order chi connectivity index (χ0) is 13.9. The lowest BCUT2D eigenvalue weighted by Crippen LogP contribution is -2.29. The molecule has 1 unspecified atom stereocenters. The van der Waals surface area contributed by atoms with Gasteiger partial charge in [-0.25, -0.2) is 8.42 Å². The van der Waals surface area contributed by atoms with Crippen molar-refractivity contribution in [3.63, 3.8) is 0 Å². The minimum atomic E-state index is -3.38. The van der Waals surface area contributed by atoms with Crippen LogP contribution in [0.4, 0.5) is 0 Å². The van der Waals surface area contributed by atoms with Crippen molar-refractivity contribution in [1.82, 2.24) is 0 Å². The van der Waals surface area contributed by atoms with Gasteiger partial charge >= 0.3 is 0 Å². The molecule has 1 atom stereocenters. The van der Waals surface area contributed by atoms with Gasteiger partial charge in [0.05, 0.1) is 5.25 Å². The maximum absolute atomic E-state index is 12.0. The Bertz CT molecular complexity index is 535. The van der Waals surface area contributed by atoms with E-state index in [9.17, 15) is 13.2 Å². The maximum atomic E-state index is 12.0. The van der Waals surface area contributed by atoms with Gasteiger partial charge in [-0.2, -0.15) is 0 Å². The van der Waals surface area contributed by atoms with Crippen molar-refractivity contribution in [2.45, 2.75) is 26.0 Å². The zero-order valence-corrected chi connectivity index (χ0v) is 13.1. The van der Waals surface area contributed by atoms with Gasteiger partial charge in [0.1, 0.15) is 5.75 Å². The van der Waals surface area contributed by atoms with E-state index in [1.54, 1.807) is 31.2 Å². The van der Waals surface area contributed by atoms with Gasteiger partial charge in [-0.15, -0.1) is 0 Å². The summed E-state index contributed by atoms with van der Waals surface area (Å²) in [4.78, 5) is 11.9. The number of carbonyl (C=O) groups is 1. The predicted molar refractivity (Wildman–Crippen MR) is 76.6 cm³/mol. The first-order valence-electron chi connectivity index (χ1n) is 5.74. The van der Waals surface area contributed by atoms with E-state index in [1.807, 2.05) is 13.8 Å². The highest BCUT2D eigenvalue weighted by molar-refractivity contribution is 9.10. The molecule has 3 nitrogen and oxygen atoms in total. The molecule has 0 aliphatic carbocycles. The summed E-state index contributed by atoms with van der Waals surface area (Å²) in [5.74, 6) is -0.780. The molecule has 0 saturated heterocycles. The second-order valence-corrected chi connectivity index (χ2v) is 7.96. The van der Waals surface area contributed by atoms with Crippen LogP contribution in [0.5, 0.6) is 0 Å². The first kappa shape index (κ1) is 15.4. The van der Waals surface area contributed by atoms with E-state index in [2.05, 4.69) is 15.9 Å². The first-order valence-corrected chi connectivity index (χ1v) is 8.25. The number of ketones is 1. The predicted octanol–water partition coefficient (Wildman–Crippen LogP) is 3.09. The van der Waals surface area contributed by atoms with Gasteiger partial charge < -0.3 is 0 Å². The summed E-state index contributed by atoms with van der Waals surface area (Å²) >= 11 is 3.26. The Hall–Kier alpha value is -0.680. The average Bonchev–Trinajstić information content (AvgIpc) is 2.27. The number of benzene rings is 1. The van der Waals surface area contributed by atoms with Crippen LogP contribution in [0.3, 0.4) is 0 Å². The normalized spacial score (nSPS) is 13.6. The maximum Gasteiger partial charge on any atom is 0.177 e. The third kappa shape index (κ3) is 3.92. The molecule has 0 N–H and O–H groups in total. The summed E-state index contributed by atoms with van der Waals surface area (Å²) < 4.78 is 24.8. The first-order chi connectivity index (χ1) is 8.24. The van der Waals surface area contributed by atoms with Crippen LogP contribution in [0.2, 0.25) is 0 Å². The van der Waals surface area contributed by atoms with Crippen molar-refractivity contribution in [2.75, 3.05) is 5.75 Å². The number of rotatable bonds is 5. The van der Waals surface area contributed by atoms with Crippen LogP contribution in [0.1, 0.15) is 31.1 Å². The fourth-order valence-corrected chi connectivity index (χ4v) is 3.50. The summed E-state index contributed by atoms with van der Waals surface area (Å²) in [7, 11) is -3.38. The van der Waals surface area contributed by atoms with E-state index in [4.69, 9.17) is 0 Å². The Morgan fingerprint density at radius 1 is 1.28 bits per heavy atom. The number of hydrogen-bond acceptors (Lipinski definition) is 3. The topological polar surface area (TPSA) is 51.2 Å². The monoisotopic (exact) mass is 332 g/mol. The zero-order valence-electron chi connectivity index (χ0n) is 10.7. The number of halogens is 1. The highest BCUT2D eigenvalue weighted by Crippen LogP contribution is 2.16. The largest absolute Gasteiger partial charge is 0.293 e. The molecule has 1 aromatic rings. The number of sulfone groups is 1. The molecule has 0 aliphatic rings. The van der Waals surface area contributed by atoms with Crippen LogP contribution < -0.4 is 0 Å². The van der Waals surface area contributed by atoms with Gasteiger partial charge in [0.2, 0.25) is 0 Å². The van der Waals surface area contributed by atoms with Crippen LogP contribution in [0.15, 0.2) is 28.7 Å². The lowest BCUT2D eigenvalue weighted by atomic mass is 10.1. The van der Waals surface area contributed by atoms with Crippen molar-refractivity contribution >= 4 is 31.6 Å². The second-order valence-electron chi connectivity index (χ2n) is 4.69. The van der Waals surface area contributed by atoms with E-state index in [0.29, 0.717) is 5.56 Å². The Morgan fingerprint density at radius 2 is 1.89 bits per heavy atom.